The van der Waals surface area contributed by atoms with Gasteiger partial charge < -0.3 is 5.11 Å². The summed E-state index contributed by atoms with van der Waals surface area (Å²) < 4.78 is 29.1. The van der Waals surface area contributed by atoms with Crippen molar-refractivity contribution in [2.75, 3.05) is 0 Å². The number of rotatable bonds is 5. The molecule has 0 unspecified atom stereocenters. The Morgan fingerprint density at radius 3 is 1.92 bits per heavy atom. The number of benzene rings is 1. The average molecular weight is 380 g/mol. The lowest BCUT2D eigenvalue weighted by atomic mass is 9.91. The molecule has 0 aliphatic heterocycles. The first-order chi connectivity index (χ1) is 12.4. The minimum atomic E-state index is -3.72. The lowest BCUT2D eigenvalue weighted by Gasteiger charge is -2.40. The van der Waals surface area contributed by atoms with Crippen molar-refractivity contribution in [2.24, 2.45) is 0 Å². The third kappa shape index (κ3) is 3.96. The zero-order valence-corrected chi connectivity index (χ0v) is 16.3. The Bertz CT molecular complexity index is 729. The summed E-state index contributed by atoms with van der Waals surface area (Å²) in [6, 6.07) is 4.51. The maximum atomic E-state index is 13.7. The van der Waals surface area contributed by atoms with Crippen molar-refractivity contribution in [3.8, 4) is 0 Å². The number of sulfonamides is 1. The Hall–Kier alpha value is -1.40. The Balaban J connectivity index is 2.03. The van der Waals surface area contributed by atoms with Gasteiger partial charge in [-0.15, -0.1) is 0 Å². The first-order valence-corrected chi connectivity index (χ1v) is 11.2. The van der Waals surface area contributed by atoms with Crippen molar-refractivity contribution in [2.45, 2.75) is 88.1 Å². The molecular weight excluding hydrogens is 350 g/mol. The molecule has 2 aliphatic carbocycles. The summed E-state index contributed by atoms with van der Waals surface area (Å²) in [6.07, 6.45) is 10.2. The van der Waals surface area contributed by atoms with E-state index in [0.29, 0.717) is 5.56 Å². The van der Waals surface area contributed by atoms with E-state index < -0.39 is 16.0 Å². The average Bonchev–Trinajstić information content (AvgIpc) is 2.63. The number of carboxylic acids is 1. The largest absolute Gasteiger partial charge is 0.478 e. The molecule has 0 atom stereocenters. The lowest BCUT2D eigenvalue weighted by Crippen LogP contribution is -2.48. The molecule has 0 spiro atoms. The van der Waals surface area contributed by atoms with Crippen LogP contribution in [0.15, 0.2) is 23.1 Å². The number of hydrogen-bond acceptors (Lipinski definition) is 3. The van der Waals surface area contributed by atoms with E-state index in [0.717, 1.165) is 51.4 Å². The van der Waals surface area contributed by atoms with Crippen molar-refractivity contribution in [1.82, 2.24) is 4.31 Å². The zero-order valence-electron chi connectivity index (χ0n) is 15.5. The predicted molar refractivity (Wildman–Crippen MR) is 101 cm³/mol. The van der Waals surface area contributed by atoms with Gasteiger partial charge in [-0.05, 0) is 50.3 Å². The van der Waals surface area contributed by atoms with Gasteiger partial charge in [-0.25, -0.2) is 13.2 Å². The first-order valence-electron chi connectivity index (χ1n) is 9.79. The lowest BCUT2D eigenvalue weighted by molar-refractivity contribution is 0.0696. The van der Waals surface area contributed by atoms with Crippen LogP contribution in [0.3, 0.4) is 0 Å². The topological polar surface area (TPSA) is 74.7 Å². The summed E-state index contributed by atoms with van der Waals surface area (Å²) in [6.45, 7) is 1.75. The van der Waals surface area contributed by atoms with Crippen LogP contribution in [0.2, 0.25) is 0 Å². The minimum absolute atomic E-state index is 0.0291. The van der Waals surface area contributed by atoms with Crippen molar-refractivity contribution in [3.63, 3.8) is 0 Å². The third-order valence-electron chi connectivity index (χ3n) is 5.86. The summed E-state index contributed by atoms with van der Waals surface area (Å²) in [5.74, 6) is -1.09. The third-order valence-corrected chi connectivity index (χ3v) is 8.01. The summed E-state index contributed by atoms with van der Waals surface area (Å²) >= 11 is 0. The van der Waals surface area contributed by atoms with E-state index in [1.807, 2.05) is 0 Å². The number of carboxylic acid groups (broad SMARTS) is 1. The van der Waals surface area contributed by atoms with E-state index in [4.69, 9.17) is 0 Å². The highest BCUT2D eigenvalue weighted by Crippen LogP contribution is 2.35. The van der Waals surface area contributed by atoms with E-state index in [-0.39, 0.29) is 22.5 Å². The van der Waals surface area contributed by atoms with E-state index in [1.54, 1.807) is 17.3 Å². The Labute approximate surface area is 156 Å². The second-order valence-corrected chi connectivity index (χ2v) is 9.52. The molecule has 1 aromatic carbocycles. The quantitative estimate of drug-likeness (QED) is 0.825. The van der Waals surface area contributed by atoms with Gasteiger partial charge in [0.15, 0.2) is 0 Å². The number of aromatic carboxylic acids is 1. The van der Waals surface area contributed by atoms with E-state index >= 15 is 0 Å². The van der Waals surface area contributed by atoms with Crippen molar-refractivity contribution in [1.29, 1.82) is 0 Å². The summed E-state index contributed by atoms with van der Waals surface area (Å²) in [5.41, 5.74) is 0.646. The number of hydrogen-bond donors (Lipinski definition) is 1. The normalized spacial score (nSPS) is 20.4. The van der Waals surface area contributed by atoms with Crippen LogP contribution in [-0.4, -0.2) is 35.9 Å². The molecule has 0 bridgehead atoms. The first kappa shape index (κ1) is 19.4. The molecule has 0 saturated heterocycles. The highest BCUT2D eigenvalue weighted by Gasteiger charge is 2.39. The maximum Gasteiger partial charge on any atom is 0.335 e. The van der Waals surface area contributed by atoms with Crippen molar-refractivity contribution >= 4 is 16.0 Å². The summed E-state index contributed by atoms with van der Waals surface area (Å²) in [5, 5.41) is 9.29. The summed E-state index contributed by atoms with van der Waals surface area (Å²) in [4.78, 5) is 11.5. The second kappa shape index (κ2) is 8.09. The Kier molecular flexibility index (Phi) is 6.03. The minimum Gasteiger partial charge on any atom is -0.478 e. The van der Waals surface area contributed by atoms with Gasteiger partial charge in [0.05, 0.1) is 10.5 Å². The van der Waals surface area contributed by atoms with E-state index in [9.17, 15) is 18.3 Å². The smallest absolute Gasteiger partial charge is 0.335 e. The molecule has 3 rings (SSSR count). The maximum absolute atomic E-state index is 13.7. The SMILES string of the molecule is Cc1ccc(C(=O)O)cc1S(=O)(=O)N(C1CCCCC1)C1CCCCC1. The van der Waals surface area contributed by atoms with Crippen molar-refractivity contribution < 1.29 is 18.3 Å². The van der Waals surface area contributed by atoms with Crippen LogP contribution in [0.1, 0.15) is 80.1 Å². The summed E-state index contributed by atoms with van der Waals surface area (Å²) in [7, 11) is -3.72. The molecule has 1 aromatic rings. The molecule has 0 aromatic heterocycles. The molecule has 144 valence electrons. The van der Waals surface area contributed by atoms with Gasteiger partial charge in [0.2, 0.25) is 10.0 Å². The van der Waals surface area contributed by atoms with Crippen LogP contribution < -0.4 is 0 Å². The molecule has 6 heteroatoms. The number of aryl methyl sites for hydroxylation is 1. The van der Waals surface area contributed by atoms with Crippen LogP contribution in [0.5, 0.6) is 0 Å². The molecule has 26 heavy (non-hydrogen) atoms. The van der Waals surface area contributed by atoms with Crippen LogP contribution in [0, 0.1) is 6.92 Å². The van der Waals surface area contributed by atoms with Gasteiger partial charge in [-0.2, -0.15) is 4.31 Å². The standard InChI is InChI=1S/C20H29NO4S/c1-15-12-13-16(20(22)23)14-19(15)26(24,25)21(17-8-4-2-5-9-17)18-10-6-3-7-11-18/h12-14,17-18H,2-11H2,1H3,(H,22,23). The fraction of sp³-hybridized carbons (Fsp3) is 0.650. The van der Waals surface area contributed by atoms with Gasteiger partial charge in [0.1, 0.15) is 0 Å². The van der Waals surface area contributed by atoms with Crippen molar-refractivity contribution in [3.05, 3.63) is 29.3 Å². The Morgan fingerprint density at radius 2 is 1.46 bits per heavy atom. The Morgan fingerprint density at radius 1 is 0.962 bits per heavy atom. The number of nitrogens with zero attached hydrogens (tertiary/aromatic N) is 1. The fourth-order valence-corrected chi connectivity index (χ4v) is 6.67. The van der Waals surface area contributed by atoms with Gasteiger partial charge in [0, 0.05) is 12.1 Å². The zero-order chi connectivity index (χ0) is 18.7. The second-order valence-electron chi connectivity index (χ2n) is 7.70. The van der Waals surface area contributed by atoms with Gasteiger partial charge >= 0.3 is 5.97 Å². The predicted octanol–water partition coefficient (Wildman–Crippen LogP) is 4.35. The molecule has 0 amide bonds. The van der Waals surface area contributed by atoms with Crippen LogP contribution in [0.4, 0.5) is 0 Å². The molecule has 5 nitrogen and oxygen atoms in total. The molecule has 2 fully saturated rings. The van der Waals surface area contributed by atoms with Gasteiger partial charge in [-0.1, -0.05) is 44.6 Å². The molecule has 2 aliphatic rings. The molecule has 1 N–H and O–H groups in total. The molecular formula is C20H29NO4S. The molecule has 0 radical (unpaired) electrons. The highest BCUT2D eigenvalue weighted by atomic mass is 32.2. The molecule has 0 heterocycles. The van der Waals surface area contributed by atoms with Crippen LogP contribution in [0.25, 0.3) is 0 Å². The molecule has 2 saturated carbocycles. The van der Waals surface area contributed by atoms with Crippen LogP contribution in [-0.2, 0) is 10.0 Å². The van der Waals surface area contributed by atoms with E-state index in [1.165, 1.54) is 25.0 Å². The van der Waals surface area contributed by atoms with Gasteiger partial charge in [0.25, 0.3) is 0 Å². The van der Waals surface area contributed by atoms with Crippen LogP contribution >= 0.6 is 0 Å². The highest BCUT2D eigenvalue weighted by molar-refractivity contribution is 7.89. The van der Waals surface area contributed by atoms with E-state index in [2.05, 4.69) is 0 Å². The van der Waals surface area contributed by atoms with Gasteiger partial charge in [-0.3, -0.25) is 0 Å². The monoisotopic (exact) mass is 379 g/mol. The number of carbonyl (C=O) groups is 1. The fourth-order valence-electron chi connectivity index (χ4n) is 4.49.